The highest BCUT2D eigenvalue weighted by Crippen LogP contribution is 2.25. The number of alkyl halides is 2. The van der Waals surface area contributed by atoms with E-state index in [4.69, 9.17) is 0 Å². The summed E-state index contributed by atoms with van der Waals surface area (Å²) in [5, 5.41) is 4.89. The van der Waals surface area contributed by atoms with Crippen LogP contribution in [-0.2, 0) is 0 Å². The molecule has 0 fully saturated rings. The molecule has 0 bridgehead atoms. The number of amides is 2. The van der Waals surface area contributed by atoms with Crippen molar-refractivity contribution < 1.29 is 18.3 Å². The number of hydrogen-bond acceptors (Lipinski definition) is 2. The first-order valence-corrected chi connectivity index (χ1v) is 4.72. The van der Waals surface area contributed by atoms with Crippen LogP contribution in [0.2, 0.25) is 0 Å². The summed E-state index contributed by atoms with van der Waals surface area (Å²) in [5.74, 6) is -0.0660. The van der Waals surface area contributed by atoms with E-state index in [1.54, 1.807) is 19.1 Å². The molecule has 0 saturated heterocycles. The molecule has 0 saturated carbocycles. The average Bonchev–Trinajstić information content (AvgIpc) is 2.20. The molecule has 2 N–H and O–H groups in total. The summed E-state index contributed by atoms with van der Waals surface area (Å²) in [7, 11) is 0. The molecule has 0 aromatic heterocycles. The number of anilines is 1. The molecule has 4 nitrogen and oxygen atoms in total. The van der Waals surface area contributed by atoms with Crippen LogP contribution in [0.15, 0.2) is 24.3 Å². The first kappa shape index (κ1) is 12.2. The molecule has 0 heterocycles. The van der Waals surface area contributed by atoms with Gasteiger partial charge in [0, 0.05) is 6.54 Å². The minimum absolute atomic E-state index is 0.0660. The van der Waals surface area contributed by atoms with Gasteiger partial charge in [-0.1, -0.05) is 12.1 Å². The van der Waals surface area contributed by atoms with E-state index in [9.17, 15) is 13.6 Å². The fourth-order valence-corrected chi connectivity index (χ4v) is 1.10. The Morgan fingerprint density at radius 2 is 2.12 bits per heavy atom. The number of rotatable bonds is 4. The molecule has 6 heteroatoms. The Bertz CT molecular complexity index is 358. The van der Waals surface area contributed by atoms with Gasteiger partial charge in [-0.15, -0.1) is 0 Å². The van der Waals surface area contributed by atoms with Gasteiger partial charge in [0.25, 0.3) is 0 Å². The van der Waals surface area contributed by atoms with Crippen molar-refractivity contribution in [1.29, 1.82) is 0 Å². The number of halogens is 2. The van der Waals surface area contributed by atoms with Crippen molar-refractivity contribution in [2.75, 3.05) is 11.9 Å². The summed E-state index contributed by atoms with van der Waals surface area (Å²) in [4.78, 5) is 11.2. The van der Waals surface area contributed by atoms with E-state index in [1.165, 1.54) is 12.1 Å². The highest BCUT2D eigenvalue weighted by atomic mass is 19.3. The maximum atomic E-state index is 12.0. The summed E-state index contributed by atoms with van der Waals surface area (Å²) >= 11 is 0. The number of urea groups is 1. The third-order valence-electron chi connectivity index (χ3n) is 1.69. The lowest BCUT2D eigenvalue weighted by Gasteiger charge is -2.11. The maximum Gasteiger partial charge on any atom is 0.387 e. The molecule has 1 aromatic carbocycles. The number of nitrogens with one attached hydrogen (secondary N) is 2. The van der Waals surface area contributed by atoms with E-state index < -0.39 is 12.6 Å². The number of carbonyl (C=O) groups is 1. The van der Waals surface area contributed by atoms with Crippen LogP contribution in [0.1, 0.15) is 6.92 Å². The van der Waals surface area contributed by atoms with Gasteiger partial charge in [-0.25, -0.2) is 4.79 Å². The minimum atomic E-state index is -2.92. The number of ether oxygens (including phenoxy) is 1. The lowest BCUT2D eigenvalue weighted by molar-refractivity contribution is -0.0493. The van der Waals surface area contributed by atoms with Crippen LogP contribution in [-0.4, -0.2) is 19.2 Å². The molecular formula is C10H12F2N2O2. The lowest BCUT2D eigenvalue weighted by Crippen LogP contribution is -2.28. The zero-order valence-electron chi connectivity index (χ0n) is 8.67. The van der Waals surface area contributed by atoms with Gasteiger partial charge >= 0.3 is 12.6 Å². The van der Waals surface area contributed by atoms with Gasteiger partial charge in [0.05, 0.1) is 5.69 Å². The van der Waals surface area contributed by atoms with E-state index in [2.05, 4.69) is 15.4 Å². The van der Waals surface area contributed by atoms with Gasteiger partial charge < -0.3 is 15.4 Å². The van der Waals surface area contributed by atoms with Crippen LogP contribution in [0.3, 0.4) is 0 Å². The molecule has 1 aromatic rings. The molecule has 88 valence electrons. The number of carbonyl (C=O) groups excluding carboxylic acids is 1. The van der Waals surface area contributed by atoms with E-state index >= 15 is 0 Å². The van der Waals surface area contributed by atoms with E-state index in [0.717, 1.165) is 0 Å². The minimum Gasteiger partial charge on any atom is -0.433 e. The second-order valence-electron chi connectivity index (χ2n) is 2.86. The molecule has 1 rings (SSSR count). The Balaban J connectivity index is 2.74. The van der Waals surface area contributed by atoms with Gasteiger partial charge in [0.2, 0.25) is 0 Å². The highest BCUT2D eigenvalue weighted by Gasteiger charge is 2.10. The van der Waals surface area contributed by atoms with Crippen LogP contribution < -0.4 is 15.4 Å². The molecule has 0 aliphatic heterocycles. The first-order chi connectivity index (χ1) is 7.63. The van der Waals surface area contributed by atoms with Crippen LogP contribution in [0.25, 0.3) is 0 Å². The van der Waals surface area contributed by atoms with Gasteiger partial charge in [-0.3, -0.25) is 0 Å². The molecule has 0 spiro atoms. The van der Waals surface area contributed by atoms with Crippen molar-refractivity contribution in [2.24, 2.45) is 0 Å². The van der Waals surface area contributed by atoms with Crippen molar-refractivity contribution in [1.82, 2.24) is 5.32 Å². The number of para-hydroxylation sites is 2. The molecule has 0 aliphatic carbocycles. The quantitative estimate of drug-likeness (QED) is 0.834. The molecule has 0 atom stereocenters. The Labute approximate surface area is 91.6 Å². The van der Waals surface area contributed by atoms with Crippen LogP contribution >= 0.6 is 0 Å². The lowest BCUT2D eigenvalue weighted by atomic mass is 10.3. The standard InChI is InChI=1S/C10H12F2N2O2/c1-2-13-10(15)14-7-5-3-4-6-8(7)16-9(11)12/h3-6,9H,2H2,1H3,(H2,13,14,15). The number of benzene rings is 1. The fraction of sp³-hybridized carbons (Fsp3) is 0.300. The van der Waals surface area contributed by atoms with E-state index in [1.807, 2.05) is 0 Å². The SMILES string of the molecule is CCNC(=O)Nc1ccccc1OC(F)F. The predicted octanol–water partition coefficient (Wildman–Crippen LogP) is 2.43. The second-order valence-corrected chi connectivity index (χ2v) is 2.86. The maximum absolute atomic E-state index is 12.0. The van der Waals surface area contributed by atoms with Crippen molar-refractivity contribution >= 4 is 11.7 Å². The summed E-state index contributed by atoms with van der Waals surface area (Å²) in [6.45, 7) is -0.720. The largest absolute Gasteiger partial charge is 0.433 e. The molecule has 2 amide bonds. The van der Waals surface area contributed by atoms with Crippen molar-refractivity contribution in [3.05, 3.63) is 24.3 Å². The summed E-state index contributed by atoms with van der Waals surface area (Å²) < 4.78 is 28.3. The Morgan fingerprint density at radius 3 is 2.75 bits per heavy atom. The van der Waals surface area contributed by atoms with Gasteiger partial charge in [-0.2, -0.15) is 8.78 Å². The van der Waals surface area contributed by atoms with E-state index in [0.29, 0.717) is 6.54 Å². The average molecular weight is 230 g/mol. The van der Waals surface area contributed by atoms with Crippen LogP contribution in [0.5, 0.6) is 5.75 Å². The summed E-state index contributed by atoms with van der Waals surface area (Å²) in [5.41, 5.74) is 0.203. The molecular weight excluding hydrogens is 218 g/mol. The van der Waals surface area contributed by atoms with Gasteiger partial charge in [0.15, 0.2) is 0 Å². The normalized spacial score (nSPS) is 10.0. The predicted molar refractivity (Wildman–Crippen MR) is 55.8 cm³/mol. The zero-order chi connectivity index (χ0) is 12.0. The van der Waals surface area contributed by atoms with Gasteiger partial charge in [-0.05, 0) is 19.1 Å². The molecule has 0 aliphatic rings. The molecule has 0 unspecified atom stereocenters. The first-order valence-electron chi connectivity index (χ1n) is 4.72. The van der Waals surface area contributed by atoms with Crippen molar-refractivity contribution in [2.45, 2.75) is 13.5 Å². The third kappa shape index (κ3) is 3.72. The molecule has 16 heavy (non-hydrogen) atoms. The molecule has 0 radical (unpaired) electrons. The van der Waals surface area contributed by atoms with Crippen LogP contribution in [0, 0.1) is 0 Å². The monoisotopic (exact) mass is 230 g/mol. The Kier molecular flexibility index (Phi) is 4.50. The summed E-state index contributed by atoms with van der Waals surface area (Å²) in [6, 6.07) is 5.52. The summed E-state index contributed by atoms with van der Waals surface area (Å²) in [6.07, 6.45) is 0. The smallest absolute Gasteiger partial charge is 0.387 e. The third-order valence-corrected chi connectivity index (χ3v) is 1.69. The van der Waals surface area contributed by atoms with Crippen molar-refractivity contribution in [3.8, 4) is 5.75 Å². The fourth-order valence-electron chi connectivity index (χ4n) is 1.10. The van der Waals surface area contributed by atoms with Gasteiger partial charge in [0.1, 0.15) is 5.75 Å². The highest BCUT2D eigenvalue weighted by molar-refractivity contribution is 5.90. The van der Waals surface area contributed by atoms with Crippen LogP contribution in [0.4, 0.5) is 19.3 Å². The zero-order valence-corrected chi connectivity index (χ0v) is 8.67. The van der Waals surface area contributed by atoms with E-state index in [-0.39, 0.29) is 11.4 Å². The topological polar surface area (TPSA) is 50.4 Å². The Hall–Kier alpha value is -1.85. The second kappa shape index (κ2) is 5.89. The van der Waals surface area contributed by atoms with Crippen molar-refractivity contribution in [3.63, 3.8) is 0 Å². The Morgan fingerprint density at radius 1 is 1.44 bits per heavy atom. The number of hydrogen-bond donors (Lipinski definition) is 2.